The number of carbonyl (C=O) groups is 1. The fourth-order valence-electron chi connectivity index (χ4n) is 3.74. The van der Waals surface area contributed by atoms with E-state index >= 15 is 0 Å². The van der Waals surface area contributed by atoms with Gasteiger partial charge in [0.15, 0.2) is 0 Å². The van der Waals surface area contributed by atoms with Crippen molar-refractivity contribution in [1.82, 2.24) is 14.6 Å². The average Bonchev–Trinajstić information content (AvgIpc) is 3.22. The lowest BCUT2D eigenvalue weighted by Crippen LogP contribution is -2.22. The quantitative estimate of drug-likeness (QED) is 0.924. The Hall–Kier alpha value is -2.63. The van der Waals surface area contributed by atoms with Gasteiger partial charge in [0, 0.05) is 25.2 Å². The van der Waals surface area contributed by atoms with Gasteiger partial charge in [-0.2, -0.15) is 0 Å². The fourth-order valence-corrected chi connectivity index (χ4v) is 3.74. The molecule has 6 heteroatoms. The van der Waals surface area contributed by atoms with Crippen LogP contribution in [0.5, 0.6) is 0 Å². The third-order valence-corrected chi connectivity index (χ3v) is 5.13. The molecular formula is C20H25N5O. The topological polar surface area (TPSA) is 62.5 Å². The summed E-state index contributed by atoms with van der Waals surface area (Å²) < 4.78 is 2.00. The van der Waals surface area contributed by atoms with Gasteiger partial charge >= 0.3 is 0 Å². The van der Waals surface area contributed by atoms with Crippen LogP contribution in [0.15, 0.2) is 35.5 Å². The van der Waals surface area contributed by atoms with Crippen LogP contribution in [0.25, 0.3) is 11.3 Å². The number of nitrogens with one attached hydrogen (secondary N) is 1. The summed E-state index contributed by atoms with van der Waals surface area (Å²) in [4.78, 5) is 23.3. The smallest absolute Gasteiger partial charge is 0.253 e. The maximum atomic E-state index is 12.2. The van der Waals surface area contributed by atoms with Crippen molar-refractivity contribution in [3.63, 3.8) is 0 Å². The SMILES string of the molecule is CN(C)C(=O)c1cccc(-c2cnc3n2NC(=NC2CCCCC2)C3)c1. The molecule has 0 unspecified atom stereocenters. The van der Waals surface area contributed by atoms with Crippen LogP contribution in [0.3, 0.4) is 0 Å². The third kappa shape index (κ3) is 3.23. The molecule has 4 rings (SSSR count). The monoisotopic (exact) mass is 351 g/mol. The van der Waals surface area contributed by atoms with E-state index in [9.17, 15) is 4.79 Å². The number of amidine groups is 1. The zero-order valence-electron chi connectivity index (χ0n) is 15.4. The van der Waals surface area contributed by atoms with E-state index in [4.69, 9.17) is 4.99 Å². The molecule has 0 spiro atoms. The zero-order valence-corrected chi connectivity index (χ0v) is 15.4. The molecular weight excluding hydrogens is 326 g/mol. The normalized spacial score (nSPS) is 18.6. The summed E-state index contributed by atoms with van der Waals surface area (Å²) in [7, 11) is 3.53. The number of benzene rings is 1. The Morgan fingerprint density at radius 3 is 2.85 bits per heavy atom. The maximum absolute atomic E-state index is 12.2. The van der Waals surface area contributed by atoms with Crippen LogP contribution >= 0.6 is 0 Å². The highest BCUT2D eigenvalue weighted by atomic mass is 16.2. The predicted octanol–water partition coefficient (Wildman–Crippen LogP) is 3.08. The molecule has 26 heavy (non-hydrogen) atoms. The molecule has 1 aliphatic heterocycles. The summed E-state index contributed by atoms with van der Waals surface area (Å²) in [6.45, 7) is 0. The molecule has 1 aliphatic carbocycles. The summed E-state index contributed by atoms with van der Waals surface area (Å²) >= 11 is 0. The number of fused-ring (bicyclic) bond motifs is 1. The summed E-state index contributed by atoms with van der Waals surface area (Å²) in [5.41, 5.74) is 6.02. The average molecular weight is 351 g/mol. The summed E-state index contributed by atoms with van der Waals surface area (Å²) in [6, 6.07) is 8.13. The Morgan fingerprint density at radius 1 is 1.27 bits per heavy atom. The summed E-state index contributed by atoms with van der Waals surface area (Å²) in [5.74, 6) is 1.97. The van der Waals surface area contributed by atoms with Gasteiger partial charge < -0.3 is 4.90 Å². The van der Waals surface area contributed by atoms with Gasteiger partial charge in [0.25, 0.3) is 5.91 Å². The number of rotatable bonds is 3. The van der Waals surface area contributed by atoms with Gasteiger partial charge in [0.2, 0.25) is 0 Å². The van der Waals surface area contributed by atoms with E-state index in [-0.39, 0.29) is 5.91 Å². The number of imidazole rings is 1. The molecule has 0 saturated heterocycles. The van der Waals surface area contributed by atoms with Crippen LogP contribution < -0.4 is 5.43 Å². The van der Waals surface area contributed by atoms with Gasteiger partial charge in [-0.1, -0.05) is 31.4 Å². The molecule has 2 heterocycles. The largest absolute Gasteiger partial charge is 0.345 e. The number of hydrogen-bond donors (Lipinski definition) is 1. The van der Waals surface area contributed by atoms with Crippen LogP contribution in [-0.2, 0) is 6.42 Å². The molecule has 0 radical (unpaired) electrons. The summed E-state index contributed by atoms with van der Waals surface area (Å²) in [5, 5.41) is 0. The minimum Gasteiger partial charge on any atom is -0.345 e. The third-order valence-electron chi connectivity index (χ3n) is 5.13. The van der Waals surface area contributed by atoms with E-state index in [1.54, 1.807) is 19.0 Å². The Balaban J connectivity index is 1.58. The molecule has 0 bridgehead atoms. The molecule has 1 saturated carbocycles. The van der Waals surface area contributed by atoms with E-state index in [2.05, 4.69) is 10.4 Å². The Morgan fingerprint density at radius 2 is 2.08 bits per heavy atom. The molecule has 136 valence electrons. The van der Waals surface area contributed by atoms with Crippen molar-refractivity contribution in [1.29, 1.82) is 0 Å². The van der Waals surface area contributed by atoms with E-state index in [1.165, 1.54) is 32.1 Å². The fraction of sp³-hybridized carbons (Fsp3) is 0.450. The number of hydrogen-bond acceptors (Lipinski definition) is 3. The second kappa shape index (κ2) is 6.94. The molecule has 1 N–H and O–H groups in total. The van der Waals surface area contributed by atoms with Gasteiger partial charge in [0.05, 0.1) is 24.4 Å². The molecule has 1 aromatic heterocycles. The molecule has 0 atom stereocenters. The lowest BCUT2D eigenvalue weighted by atomic mass is 9.96. The highest BCUT2D eigenvalue weighted by molar-refractivity contribution is 5.96. The van der Waals surface area contributed by atoms with Crippen molar-refractivity contribution < 1.29 is 4.79 Å². The van der Waals surface area contributed by atoms with E-state index in [0.29, 0.717) is 11.6 Å². The molecule has 1 fully saturated rings. The van der Waals surface area contributed by atoms with E-state index in [1.807, 2.05) is 35.1 Å². The van der Waals surface area contributed by atoms with Crippen LogP contribution in [-0.4, -0.2) is 46.4 Å². The first-order chi connectivity index (χ1) is 12.6. The number of amides is 1. The molecule has 2 aromatic rings. The Labute approximate surface area is 153 Å². The summed E-state index contributed by atoms with van der Waals surface area (Å²) in [6.07, 6.45) is 8.88. The Kier molecular flexibility index (Phi) is 4.49. The second-order valence-corrected chi connectivity index (χ2v) is 7.33. The van der Waals surface area contributed by atoms with Gasteiger partial charge in [-0.3, -0.25) is 15.2 Å². The van der Waals surface area contributed by atoms with E-state index < -0.39 is 0 Å². The zero-order chi connectivity index (χ0) is 18.1. The molecule has 1 aromatic carbocycles. The van der Waals surface area contributed by atoms with Gasteiger partial charge in [0.1, 0.15) is 11.7 Å². The Bertz CT molecular complexity index is 846. The van der Waals surface area contributed by atoms with Crippen molar-refractivity contribution >= 4 is 11.7 Å². The van der Waals surface area contributed by atoms with Crippen molar-refractivity contribution in [2.75, 3.05) is 19.5 Å². The van der Waals surface area contributed by atoms with Crippen LogP contribution in [0, 0.1) is 0 Å². The maximum Gasteiger partial charge on any atom is 0.253 e. The first-order valence-corrected chi connectivity index (χ1v) is 9.34. The molecule has 6 nitrogen and oxygen atoms in total. The van der Waals surface area contributed by atoms with Crippen LogP contribution in [0.2, 0.25) is 0 Å². The lowest BCUT2D eigenvalue weighted by molar-refractivity contribution is 0.0827. The van der Waals surface area contributed by atoms with Gasteiger partial charge in [-0.25, -0.2) is 9.66 Å². The first kappa shape index (κ1) is 16.8. The standard InChI is InChI=1S/C20H25N5O/c1-24(2)20(26)15-8-6-7-14(11-15)17-13-21-19-12-18(23-25(17)19)22-16-9-4-3-5-10-16/h6-8,11,13,16H,3-5,9-10,12H2,1-2H3,(H,22,23). The van der Waals surface area contributed by atoms with Gasteiger partial charge in [-0.15, -0.1) is 0 Å². The van der Waals surface area contributed by atoms with Crippen molar-refractivity contribution in [3.05, 3.63) is 41.9 Å². The van der Waals surface area contributed by atoms with E-state index in [0.717, 1.165) is 29.3 Å². The second-order valence-electron chi connectivity index (χ2n) is 7.33. The minimum atomic E-state index is 0.000481. The molecule has 2 aliphatic rings. The number of carbonyl (C=O) groups excluding carboxylic acids is 1. The lowest BCUT2D eigenvalue weighted by Gasteiger charge is -2.18. The number of aromatic nitrogens is 2. The van der Waals surface area contributed by atoms with Crippen molar-refractivity contribution in [2.45, 2.75) is 44.6 Å². The number of aliphatic imine (C=N–C) groups is 1. The van der Waals surface area contributed by atoms with Gasteiger partial charge in [-0.05, 0) is 25.0 Å². The first-order valence-electron chi connectivity index (χ1n) is 9.34. The minimum absolute atomic E-state index is 0.000481. The number of nitrogens with zero attached hydrogens (tertiary/aromatic N) is 4. The molecule has 1 amide bonds. The highest BCUT2D eigenvalue weighted by Gasteiger charge is 2.23. The van der Waals surface area contributed by atoms with Crippen LogP contribution in [0.1, 0.15) is 48.3 Å². The predicted molar refractivity (Wildman–Crippen MR) is 103 cm³/mol. The highest BCUT2D eigenvalue weighted by Crippen LogP contribution is 2.25. The van der Waals surface area contributed by atoms with Crippen molar-refractivity contribution in [3.8, 4) is 11.3 Å². The van der Waals surface area contributed by atoms with Crippen LogP contribution in [0.4, 0.5) is 0 Å². The van der Waals surface area contributed by atoms with Crippen molar-refractivity contribution in [2.24, 2.45) is 4.99 Å².